The Morgan fingerprint density at radius 3 is 2.44 bits per heavy atom. The van der Waals surface area contributed by atoms with Gasteiger partial charge in [-0.1, -0.05) is 18.2 Å². The molecule has 132 valence electrons. The molecular weight excluding hydrogens is 318 g/mol. The zero-order valence-corrected chi connectivity index (χ0v) is 14.8. The van der Waals surface area contributed by atoms with Crippen LogP contribution in [0.5, 0.6) is 0 Å². The standard InChI is InChI=1S/C19H23N3O3/c1-4-21(5-2)16-10-11-17(14(3)12-16)20-19(23)13-15-8-6-7-9-18(15)22(24)25/h6-12H,4-5,13H2,1-3H3,(H,20,23). The van der Waals surface area contributed by atoms with Crippen molar-refractivity contribution in [2.45, 2.75) is 27.2 Å². The monoisotopic (exact) mass is 341 g/mol. The van der Waals surface area contributed by atoms with Gasteiger partial charge in [-0.05, 0) is 44.5 Å². The second-order valence-corrected chi connectivity index (χ2v) is 5.78. The summed E-state index contributed by atoms with van der Waals surface area (Å²) in [6.07, 6.45) is -0.0333. The third-order valence-corrected chi connectivity index (χ3v) is 4.15. The molecule has 0 saturated carbocycles. The number of nitrogens with one attached hydrogen (secondary N) is 1. The summed E-state index contributed by atoms with van der Waals surface area (Å²) in [4.78, 5) is 25.1. The molecule has 0 spiro atoms. The van der Waals surface area contributed by atoms with Crippen molar-refractivity contribution in [3.63, 3.8) is 0 Å². The number of nitro groups is 1. The minimum Gasteiger partial charge on any atom is -0.372 e. The zero-order valence-electron chi connectivity index (χ0n) is 14.8. The third-order valence-electron chi connectivity index (χ3n) is 4.15. The van der Waals surface area contributed by atoms with Crippen molar-refractivity contribution in [3.8, 4) is 0 Å². The summed E-state index contributed by atoms with van der Waals surface area (Å²) in [6.45, 7) is 7.97. The Hall–Kier alpha value is -2.89. The molecule has 1 amide bonds. The molecule has 2 aromatic carbocycles. The lowest BCUT2D eigenvalue weighted by Crippen LogP contribution is -2.22. The Labute approximate surface area is 147 Å². The van der Waals surface area contributed by atoms with Crippen LogP contribution in [-0.2, 0) is 11.2 Å². The quantitative estimate of drug-likeness (QED) is 0.611. The molecule has 6 nitrogen and oxygen atoms in total. The van der Waals surface area contributed by atoms with E-state index in [0.29, 0.717) is 5.56 Å². The lowest BCUT2D eigenvalue weighted by molar-refractivity contribution is -0.385. The van der Waals surface area contributed by atoms with Crippen LogP contribution in [0.15, 0.2) is 42.5 Å². The summed E-state index contributed by atoms with van der Waals surface area (Å²) in [6, 6.07) is 12.2. The summed E-state index contributed by atoms with van der Waals surface area (Å²) in [5.41, 5.74) is 3.16. The van der Waals surface area contributed by atoms with Gasteiger partial charge in [-0.15, -0.1) is 0 Å². The van der Waals surface area contributed by atoms with Crippen molar-refractivity contribution in [1.82, 2.24) is 0 Å². The molecular formula is C19H23N3O3. The number of hydrogen-bond donors (Lipinski definition) is 1. The van der Waals surface area contributed by atoms with Crippen molar-refractivity contribution in [2.24, 2.45) is 0 Å². The van der Waals surface area contributed by atoms with Gasteiger partial charge in [0, 0.05) is 36.1 Å². The molecule has 2 rings (SSSR count). The van der Waals surface area contributed by atoms with E-state index in [1.165, 1.54) is 6.07 Å². The molecule has 25 heavy (non-hydrogen) atoms. The maximum Gasteiger partial charge on any atom is 0.273 e. The molecule has 0 radical (unpaired) electrons. The van der Waals surface area contributed by atoms with Gasteiger partial charge in [0.05, 0.1) is 11.3 Å². The number of hydrogen-bond acceptors (Lipinski definition) is 4. The van der Waals surface area contributed by atoms with E-state index in [4.69, 9.17) is 0 Å². The van der Waals surface area contributed by atoms with Gasteiger partial charge in [-0.2, -0.15) is 0 Å². The lowest BCUT2D eigenvalue weighted by Gasteiger charge is -2.22. The first-order valence-corrected chi connectivity index (χ1v) is 8.34. The van der Waals surface area contributed by atoms with Gasteiger partial charge in [-0.3, -0.25) is 14.9 Å². The van der Waals surface area contributed by atoms with Gasteiger partial charge in [0.25, 0.3) is 5.69 Å². The topological polar surface area (TPSA) is 75.5 Å². The van der Waals surface area contributed by atoms with Gasteiger partial charge in [-0.25, -0.2) is 0 Å². The van der Waals surface area contributed by atoms with Crippen LogP contribution in [0.1, 0.15) is 25.0 Å². The largest absolute Gasteiger partial charge is 0.372 e. The van der Waals surface area contributed by atoms with E-state index >= 15 is 0 Å². The molecule has 0 aromatic heterocycles. The Bertz CT molecular complexity index is 770. The van der Waals surface area contributed by atoms with Crippen LogP contribution in [0.4, 0.5) is 17.1 Å². The van der Waals surface area contributed by atoms with Gasteiger partial charge < -0.3 is 10.2 Å². The van der Waals surface area contributed by atoms with E-state index in [-0.39, 0.29) is 18.0 Å². The Kier molecular flexibility index (Phi) is 6.11. The second kappa shape index (κ2) is 8.28. The fourth-order valence-electron chi connectivity index (χ4n) is 2.78. The maximum absolute atomic E-state index is 12.3. The first kappa shape index (κ1) is 18.4. The first-order valence-electron chi connectivity index (χ1n) is 8.34. The third kappa shape index (κ3) is 4.56. The molecule has 0 fully saturated rings. The van der Waals surface area contributed by atoms with Crippen LogP contribution < -0.4 is 10.2 Å². The van der Waals surface area contributed by atoms with E-state index in [1.54, 1.807) is 18.2 Å². The predicted octanol–water partition coefficient (Wildman–Crippen LogP) is 3.93. The van der Waals surface area contributed by atoms with Crippen LogP contribution in [-0.4, -0.2) is 23.9 Å². The van der Waals surface area contributed by atoms with Crippen molar-refractivity contribution < 1.29 is 9.72 Å². The fraction of sp³-hybridized carbons (Fsp3) is 0.316. The lowest BCUT2D eigenvalue weighted by atomic mass is 10.1. The molecule has 0 bridgehead atoms. The van der Waals surface area contributed by atoms with E-state index in [0.717, 1.165) is 30.0 Å². The van der Waals surface area contributed by atoms with Crippen molar-refractivity contribution in [1.29, 1.82) is 0 Å². The number of aryl methyl sites for hydroxylation is 1. The van der Waals surface area contributed by atoms with Crippen molar-refractivity contribution in [2.75, 3.05) is 23.3 Å². The number of nitro benzene ring substituents is 1. The molecule has 2 aromatic rings. The molecule has 6 heteroatoms. The highest BCUT2D eigenvalue weighted by molar-refractivity contribution is 5.93. The maximum atomic E-state index is 12.3. The van der Waals surface area contributed by atoms with Gasteiger partial charge in [0.15, 0.2) is 0 Å². The zero-order chi connectivity index (χ0) is 18.4. The Morgan fingerprint density at radius 1 is 1.16 bits per heavy atom. The van der Waals surface area contributed by atoms with Crippen LogP contribution in [0.3, 0.4) is 0 Å². The van der Waals surface area contributed by atoms with E-state index in [1.807, 2.05) is 25.1 Å². The molecule has 0 unspecified atom stereocenters. The molecule has 0 saturated heterocycles. The first-order chi connectivity index (χ1) is 12.0. The molecule has 0 atom stereocenters. The van der Waals surface area contributed by atoms with Crippen LogP contribution >= 0.6 is 0 Å². The number of para-hydroxylation sites is 1. The number of anilines is 2. The van der Waals surface area contributed by atoms with Gasteiger partial charge >= 0.3 is 0 Å². The van der Waals surface area contributed by atoms with Crippen LogP contribution in [0.25, 0.3) is 0 Å². The molecule has 0 aliphatic heterocycles. The smallest absolute Gasteiger partial charge is 0.273 e. The molecule has 1 N–H and O–H groups in total. The van der Waals surface area contributed by atoms with Gasteiger partial charge in [0.2, 0.25) is 5.91 Å². The SMILES string of the molecule is CCN(CC)c1ccc(NC(=O)Cc2ccccc2[N+](=O)[O-])c(C)c1. The minimum atomic E-state index is -0.466. The molecule has 0 aliphatic rings. The van der Waals surface area contributed by atoms with E-state index < -0.39 is 4.92 Å². The number of amides is 1. The predicted molar refractivity (Wildman–Crippen MR) is 100 cm³/mol. The van der Waals surface area contributed by atoms with Crippen molar-refractivity contribution >= 4 is 23.0 Å². The summed E-state index contributed by atoms with van der Waals surface area (Å²) in [5.74, 6) is -0.270. The average Bonchev–Trinajstić information content (AvgIpc) is 2.58. The number of rotatable bonds is 7. The fourth-order valence-corrected chi connectivity index (χ4v) is 2.78. The normalized spacial score (nSPS) is 10.4. The summed E-state index contributed by atoms with van der Waals surface area (Å²) in [5, 5.41) is 13.9. The van der Waals surface area contributed by atoms with Crippen LogP contribution in [0.2, 0.25) is 0 Å². The number of benzene rings is 2. The summed E-state index contributed by atoms with van der Waals surface area (Å²) < 4.78 is 0. The Morgan fingerprint density at radius 2 is 1.84 bits per heavy atom. The van der Waals surface area contributed by atoms with Gasteiger partial charge in [0.1, 0.15) is 0 Å². The number of nitrogens with zero attached hydrogens (tertiary/aromatic N) is 2. The number of carbonyl (C=O) groups excluding carboxylic acids is 1. The Balaban J connectivity index is 2.12. The van der Waals surface area contributed by atoms with Crippen molar-refractivity contribution in [3.05, 3.63) is 63.7 Å². The van der Waals surface area contributed by atoms with E-state index in [9.17, 15) is 14.9 Å². The van der Waals surface area contributed by atoms with Crippen LogP contribution in [0, 0.1) is 17.0 Å². The summed E-state index contributed by atoms with van der Waals surface area (Å²) >= 11 is 0. The molecule has 0 aliphatic carbocycles. The second-order valence-electron chi connectivity index (χ2n) is 5.78. The summed E-state index contributed by atoms with van der Waals surface area (Å²) in [7, 11) is 0. The highest BCUT2D eigenvalue weighted by Crippen LogP contribution is 2.24. The van der Waals surface area contributed by atoms with E-state index in [2.05, 4.69) is 24.1 Å². The average molecular weight is 341 g/mol. The highest BCUT2D eigenvalue weighted by Gasteiger charge is 2.16. The minimum absolute atomic E-state index is 0.0333. The highest BCUT2D eigenvalue weighted by atomic mass is 16.6. The number of carbonyl (C=O) groups is 1. The molecule has 0 heterocycles.